The highest BCUT2D eigenvalue weighted by Gasteiger charge is 2.18. The Morgan fingerprint density at radius 2 is 1.78 bits per heavy atom. The third-order valence-corrected chi connectivity index (χ3v) is 4.61. The van der Waals surface area contributed by atoms with Crippen molar-refractivity contribution < 1.29 is 5.11 Å². The molecule has 1 atom stereocenters. The fraction of sp³-hybridized carbons (Fsp3) is 0.316. The highest BCUT2D eigenvalue weighted by Crippen LogP contribution is 2.19. The first-order chi connectivity index (χ1) is 11.3. The first-order valence-electron chi connectivity index (χ1n) is 8.17. The molecule has 0 spiro atoms. The second kappa shape index (κ2) is 6.14. The van der Waals surface area contributed by atoms with Crippen LogP contribution in [0, 0.1) is 0 Å². The van der Waals surface area contributed by atoms with E-state index < -0.39 is 6.10 Å². The lowest BCUT2D eigenvalue weighted by molar-refractivity contribution is 0.0926. The first-order valence-corrected chi connectivity index (χ1v) is 8.17. The lowest BCUT2D eigenvalue weighted by Crippen LogP contribution is -2.38. The molecule has 0 bridgehead atoms. The maximum absolute atomic E-state index is 10.5. The van der Waals surface area contributed by atoms with Gasteiger partial charge < -0.3 is 9.67 Å². The number of β-amino-alcohol motifs (C(OH)–C–C–N with tert-alkyl or cyclic N) is 1. The van der Waals surface area contributed by atoms with Gasteiger partial charge in [0.15, 0.2) is 0 Å². The van der Waals surface area contributed by atoms with Crippen molar-refractivity contribution in [2.45, 2.75) is 25.6 Å². The van der Waals surface area contributed by atoms with Crippen LogP contribution in [-0.4, -0.2) is 38.8 Å². The van der Waals surface area contributed by atoms with Crippen LogP contribution in [-0.2, 0) is 19.5 Å². The minimum absolute atomic E-state index is 0.391. The van der Waals surface area contributed by atoms with Crippen LogP contribution < -0.4 is 0 Å². The van der Waals surface area contributed by atoms with Crippen LogP contribution in [0.4, 0.5) is 0 Å². The number of benzene rings is 2. The highest BCUT2D eigenvalue weighted by atomic mass is 16.3. The second-order valence-corrected chi connectivity index (χ2v) is 6.29. The predicted octanol–water partition coefficient (Wildman–Crippen LogP) is 2.46. The molecule has 1 aliphatic heterocycles. The van der Waals surface area contributed by atoms with E-state index in [0.29, 0.717) is 13.1 Å². The fourth-order valence-electron chi connectivity index (χ4n) is 3.45. The van der Waals surface area contributed by atoms with Crippen LogP contribution in [0.1, 0.15) is 11.1 Å². The summed E-state index contributed by atoms with van der Waals surface area (Å²) in [6, 6.07) is 16.6. The summed E-state index contributed by atoms with van der Waals surface area (Å²) >= 11 is 0. The first kappa shape index (κ1) is 14.4. The van der Waals surface area contributed by atoms with Crippen molar-refractivity contribution in [1.82, 2.24) is 14.5 Å². The largest absolute Gasteiger partial charge is 0.390 e. The lowest BCUT2D eigenvalue weighted by Gasteiger charge is -2.30. The minimum atomic E-state index is -0.391. The van der Waals surface area contributed by atoms with Gasteiger partial charge in [-0.05, 0) is 29.7 Å². The summed E-state index contributed by atoms with van der Waals surface area (Å²) < 4.78 is 2.04. The van der Waals surface area contributed by atoms with E-state index in [2.05, 4.69) is 34.1 Å². The maximum atomic E-state index is 10.5. The maximum Gasteiger partial charge on any atom is 0.0959 e. The van der Waals surface area contributed by atoms with Gasteiger partial charge in [-0.2, -0.15) is 0 Å². The van der Waals surface area contributed by atoms with Crippen LogP contribution in [0.25, 0.3) is 11.0 Å². The average molecular weight is 307 g/mol. The Balaban J connectivity index is 1.42. The molecule has 4 heteroatoms. The molecule has 1 N–H and O–H groups in total. The lowest BCUT2D eigenvalue weighted by atomic mass is 10.00. The fourth-order valence-corrected chi connectivity index (χ4v) is 3.45. The zero-order valence-electron chi connectivity index (χ0n) is 13.1. The van der Waals surface area contributed by atoms with Crippen molar-refractivity contribution in [2.75, 3.05) is 13.1 Å². The number of nitrogens with zero attached hydrogens (tertiary/aromatic N) is 3. The van der Waals surface area contributed by atoms with Gasteiger partial charge in [-0.25, -0.2) is 4.98 Å². The van der Waals surface area contributed by atoms with Crippen LogP contribution >= 0.6 is 0 Å². The number of hydrogen-bond donors (Lipinski definition) is 1. The Labute approximate surface area is 136 Å². The Hall–Kier alpha value is -2.17. The Bertz CT molecular complexity index is 811. The van der Waals surface area contributed by atoms with Crippen molar-refractivity contribution in [1.29, 1.82) is 0 Å². The third-order valence-electron chi connectivity index (χ3n) is 4.61. The van der Waals surface area contributed by atoms with Gasteiger partial charge in [0.1, 0.15) is 0 Å². The molecule has 1 unspecified atom stereocenters. The number of fused-ring (bicyclic) bond motifs is 2. The van der Waals surface area contributed by atoms with Gasteiger partial charge in [0.25, 0.3) is 0 Å². The van der Waals surface area contributed by atoms with Crippen LogP contribution in [0.15, 0.2) is 54.9 Å². The van der Waals surface area contributed by atoms with Gasteiger partial charge in [-0.1, -0.05) is 36.4 Å². The summed E-state index contributed by atoms with van der Waals surface area (Å²) in [6.07, 6.45) is 2.49. The Morgan fingerprint density at radius 1 is 1.00 bits per heavy atom. The molecule has 0 aliphatic carbocycles. The number of aliphatic hydroxyl groups excluding tert-OH is 1. The van der Waals surface area contributed by atoms with Crippen molar-refractivity contribution in [3.05, 3.63) is 66.0 Å². The number of para-hydroxylation sites is 2. The normalized spacial score (nSPS) is 16.4. The summed E-state index contributed by atoms with van der Waals surface area (Å²) in [5.74, 6) is 0. The van der Waals surface area contributed by atoms with Crippen molar-refractivity contribution in [2.24, 2.45) is 0 Å². The predicted molar refractivity (Wildman–Crippen MR) is 91.2 cm³/mol. The standard InChI is InChI=1S/C19H21N3O/c23-17(13-22-14-20-18-7-3-4-8-19(18)22)12-21-10-9-15-5-1-2-6-16(15)11-21/h1-8,14,17,23H,9-13H2. The SMILES string of the molecule is OC(CN1CCc2ccccc2C1)Cn1cnc2ccccc21. The molecule has 0 fully saturated rings. The van der Waals surface area contributed by atoms with Gasteiger partial charge >= 0.3 is 0 Å². The molecule has 4 rings (SSSR count). The highest BCUT2D eigenvalue weighted by molar-refractivity contribution is 5.74. The van der Waals surface area contributed by atoms with Crippen molar-refractivity contribution in [3.8, 4) is 0 Å². The molecule has 1 aliphatic rings. The molecule has 2 heterocycles. The molecule has 118 valence electrons. The molecular formula is C19H21N3O. The minimum Gasteiger partial charge on any atom is -0.390 e. The Morgan fingerprint density at radius 3 is 2.70 bits per heavy atom. The van der Waals surface area contributed by atoms with E-state index >= 15 is 0 Å². The smallest absolute Gasteiger partial charge is 0.0959 e. The van der Waals surface area contributed by atoms with Gasteiger partial charge in [-0.15, -0.1) is 0 Å². The van der Waals surface area contributed by atoms with Crippen LogP contribution in [0.3, 0.4) is 0 Å². The topological polar surface area (TPSA) is 41.3 Å². The molecule has 0 saturated heterocycles. The molecule has 0 radical (unpaired) electrons. The molecular weight excluding hydrogens is 286 g/mol. The van der Waals surface area contributed by atoms with E-state index in [4.69, 9.17) is 0 Å². The molecule has 0 amide bonds. The van der Waals surface area contributed by atoms with Crippen LogP contribution in [0.2, 0.25) is 0 Å². The van der Waals surface area contributed by atoms with E-state index in [9.17, 15) is 5.11 Å². The van der Waals surface area contributed by atoms with Gasteiger partial charge in [0.2, 0.25) is 0 Å². The van der Waals surface area contributed by atoms with Gasteiger partial charge in [-0.3, -0.25) is 4.90 Å². The molecule has 3 aromatic rings. The zero-order chi connectivity index (χ0) is 15.6. The molecule has 0 saturated carbocycles. The molecule has 2 aromatic carbocycles. The summed E-state index contributed by atoms with van der Waals surface area (Å²) in [6.45, 7) is 3.22. The molecule has 4 nitrogen and oxygen atoms in total. The second-order valence-electron chi connectivity index (χ2n) is 6.29. The number of hydrogen-bond acceptors (Lipinski definition) is 3. The van der Waals surface area contributed by atoms with Crippen LogP contribution in [0.5, 0.6) is 0 Å². The number of rotatable bonds is 4. The van der Waals surface area contributed by atoms with E-state index in [0.717, 1.165) is 30.5 Å². The summed E-state index contributed by atoms with van der Waals surface area (Å²) in [4.78, 5) is 6.73. The van der Waals surface area contributed by atoms with Gasteiger partial charge in [0.05, 0.1) is 30.0 Å². The summed E-state index contributed by atoms with van der Waals surface area (Å²) in [5, 5.41) is 10.5. The van der Waals surface area contributed by atoms with Crippen molar-refractivity contribution in [3.63, 3.8) is 0 Å². The third kappa shape index (κ3) is 3.00. The molecule has 23 heavy (non-hydrogen) atoms. The quantitative estimate of drug-likeness (QED) is 0.805. The van der Waals surface area contributed by atoms with E-state index in [1.54, 1.807) is 0 Å². The Kier molecular flexibility index (Phi) is 3.85. The number of aliphatic hydroxyl groups is 1. The summed E-state index contributed by atoms with van der Waals surface area (Å²) in [7, 11) is 0. The van der Waals surface area contributed by atoms with E-state index in [-0.39, 0.29) is 0 Å². The average Bonchev–Trinajstić information content (AvgIpc) is 2.98. The van der Waals surface area contributed by atoms with Crippen molar-refractivity contribution >= 4 is 11.0 Å². The monoisotopic (exact) mass is 307 g/mol. The molecule has 1 aromatic heterocycles. The zero-order valence-corrected chi connectivity index (χ0v) is 13.1. The van der Waals surface area contributed by atoms with E-state index in [1.807, 2.05) is 35.2 Å². The summed E-state index contributed by atoms with van der Waals surface area (Å²) in [5.41, 5.74) is 4.89. The number of imidazole rings is 1. The number of aromatic nitrogens is 2. The van der Waals surface area contributed by atoms with Gasteiger partial charge in [0, 0.05) is 19.6 Å². The van der Waals surface area contributed by atoms with E-state index in [1.165, 1.54) is 11.1 Å².